The van der Waals surface area contributed by atoms with E-state index in [1.807, 2.05) is 0 Å². The molecule has 0 aliphatic heterocycles. The van der Waals surface area contributed by atoms with Gasteiger partial charge in [0.15, 0.2) is 0 Å². The van der Waals surface area contributed by atoms with Crippen molar-refractivity contribution in [3.05, 3.63) is 0 Å². The zero-order chi connectivity index (χ0) is 7.62. The van der Waals surface area contributed by atoms with E-state index < -0.39 is 13.8 Å². The van der Waals surface area contributed by atoms with E-state index in [0.29, 0.717) is 5.41 Å². The number of halogens is 1. The molecular formula is C6H9ClO2S. The van der Waals surface area contributed by atoms with Crippen molar-refractivity contribution in [1.82, 2.24) is 0 Å². The van der Waals surface area contributed by atoms with Gasteiger partial charge in [-0.2, -0.15) is 0 Å². The first-order valence-corrected chi connectivity index (χ1v) is 5.62. The minimum Gasteiger partial charge on any atom is -0.212 e. The van der Waals surface area contributed by atoms with Crippen molar-refractivity contribution in [2.75, 3.05) is 0 Å². The fourth-order valence-electron chi connectivity index (χ4n) is 2.44. The zero-order valence-electron chi connectivity index (χ0n) is 5.72. The van der Waals surface area contributed by atoms with Crippen LogP contribution in [0, 0.1) is 5.41 Å². The lowest BCUT2D eigenvalue weighted by Gasteiger charge is -2.67. The molecule has 2 nitrogen and oxygen atoms in total. The Morgan fingerprint density at radius 3 is 1.80 bits per heavy atom. The van der Waals surface area contributed by atoms with Gasteiger partial charge in [-0.05, 0) is 24.7 Å². The molecule has 3 aliphatic carbocycles. The van der Waals surface area contributed by atoms with Gasteiger partial charge in [0, 0.05) is 10.7 Å². The third-order valence-electron chi connectivity index (χ3n) is 2.76. The first kappa shape index (κ1) is 6.92. The Hall–Kier alpha value is 0.240. The van der Waals surface area contributed by atoms with Crippen LogP contribution in [0.2, 0.25) is 0 Å². The van der Waals surface area contributed by atoms with E-state index in [4.69, 9.17) is 10.7 Å². The van der Waals surface area contributed by atoms with Crippen molar-refractivity contribution >= 4 is 19.7 Å². The maximum absolute atomic E-state index is 10.9. The first-order valence-electron chi connectivity index (χ1n) is 3.31. The molecule has 58 valence electrons. The highest BCUT2D eigenvalue weighted by atomic mass is 35.7. The third kappa shape index (κ3) is 0.582. The average molecular weight is 181 g/mol. The first-order chi connectivity index (χ1) is 4.37. The molecule has 0 spiro atoms. The summed E-state index contributed by atoms with van der Waals surface area (Å²) in [5.41, 5.74) is 0.321. The second-order valence-corrected chi connectivity index (χ2v) is 6.92. The van der Waals surface area contributed by atoms with Crippen molar-refractivity contribution in [2.24, 2.45) is 5.41 Å². The zero-order valence-corrected chi connectivity index (χ0v) is 7.30. The number of rotatable bonds is 1. The highest BCUT2D eigenvalue weighted by Gasteiger charge is 2.71. The van der Waals surface area contributed by atoms with Gasteiger partial charge in [-0.1, -0.05) is 6.92 Å². The molecule has 0 aromatic rings. The fraction of sp³-hybridized carbons (Fsp3) is 1.00. The molecule has 3 saturated carbocycles. The summed E-state index contributed by atoms with van der Waals surface area (Å²) in [6, 6.07) is 0. The van der Waals surface area contributed by atoms with Gasteiger partial charge in [-0.25, -0.2) is 8.42 Å². The molecule has 0 aromatic carbocycles. The second-order valence-electron chi connectivity index (χ2n) is 3.96. The van der Waals surface area contributed by atoms with Crippen molar-refractivity contribution in [3.63, 3.8) is 0 Å². The van der Waals surface area contributed by atoms with E-state index in [2.05, 4.69) is 6.92 Å². The SMILES string of the molecule is CC12CC(S(=O)(=O)Cl)(C1)C2. The molecule has 4 heteroatoms. The summed E-state index contributed by atoms with van der Waals surface area (Å²) in [6.45, 7) is 2.11. The summed E-state index contributed by atoms with van der Waals surface area (Å²) in [5.74, 6) is 0. The quantitative estimate of drug-likeness (QED) is 0.574. The molecule has 10 heavy (non-hydrogen) atoms. The van der Waals surface area contributed by atoms with Crippen molar-refractivity contribution in [2.45, 2.75) is 30.9 Å². The minimum absolute atomic E-state index is 0.321. The molecule has 0 radical (unpaired) electrons. The van der Waals surface area contributed by atoms with Gasteiger partial charge >= 0.3 is 0 Å². The predicted octanol–water partition coefficient (Wildman–Crippen LogP) is 1.50. The van der Waals surface area contributed by atoms with Gasteiger partial charge in [-0.3, -0.25) is 0 Å². The fourth-order valence-corrected chi connectivity index (χ4v) is 4.49. The second kappa shape index (κ2) is 1.39. The Morgan fingerprint density at radius 2 is 1.70 bits per heavy atom. The molecule has 0 heterocycles. The van der Waals surface area contributed by atoms with Crippen LogP contribution in [-0.2, 0) is 9.05 Å². The summed E-state index contributed by atoms with van der Waals surface area (Å²) in [4.78, 5) is 0. The molecular weight excluding hydrogens is 172 g/mol. The van der Waals surface area contributed by atoms with Crippen LogP contribution in [0.25, 0.3) is 0 Å². The minimum atomic E-state index is -3.27. The summed E-state index contributed by atoms with van der Waals surface area (Å²) in [6.07, 6.45) is 2.35. The Labute approximate surface area is 65.0 Å². The van der Waals surface area contributed by atoms with Crippen molar-refractivity contribution in [3.8, 4) is 0 Å². The van der Waals surface area contributed by atoms with Gasteiger partial charge in [0.1, 0.15) is 0 Å². The molecule has 3 aliphatic rings. The van der Waals surface area contributed by atoms with E-state index in [1.165, 1.54) is 0 Å². The smallest absolute Gasteiger partial charge is 0.212 e. The standard InChI is InChI=1S/C6H9ClO2S/c1-5-2-6(3-5,4-5)10(7,8)9/h2-4H2,1H3. The molecule has 0 atom stereocenters. The van der Waals surface area contributed by atoms with Crippen LogP contribution in [-0.4, -0.2) is 13.2 Å². The van der Waals surface area contributed by atoms with Crippen LogP contribution < -0.4 is 0 Å². The van der Waals surface area contributed by atoms with E-state index in [-0.39, 0.29) is 0 Å². The topological polar surface area (TPSA) is 34.1 Å². The van der Waals surface area contributed by atoms with Gasteiger partial charge < -0.3 is 0 Å². The van der Waals surface area contributed by atoms with Crippen molar-refractivity contribution in [1.29, 1.82) is 0 Å². The normalized spacial score (nSPS) is 51.4. The Bertz CT molecular complexity index is 260. The lowest BCUT2D eigenvalue weighted by atomic mass is 9.45. The maximum atomic E-state index is 10.9. The molecule has 3 rings (SSSR count). The number of hydrogen-bond donors (Lipinski definition) is 0. The number of hydrogen-bond acceptors (Lipinski definition) is 2. The summed E-state index contributed by atoms with van der Waals surface area (Å²) in [5, 5.41) is 0. The monoisotopic (exact) mass is 180 g/mol. The lowest BCUT2D eigenvalue weighted by Crippen LogP contribution is -2.68. The van der Waals surface area contributed by atoms with E-state index in [0.717, 1.165) is 19.3 Å². The van der Waals surface area contributed by atoms with E-state index in [1.54, 1.807) is 0 Å². The highest BCUT2D eigenvalue weighted by Crippen LogP contribution is 2.71. The molecule has 0 aromatic heterocycles. The van der Waals surface area contributed by atoms with Gasteiger partial charge in [0.2, 0.25) is 9.05 Å². The van der Waals surface area contributed by atoms with Crippen LogP contribution >= 0.6 is 10.7 Å². The van der Waals surface area contributed by atoms with E-state index in [9.17, 15) is 8.42 Å². The maximum Gasteiger partial charge on any atom is 0.238 e. The van der Waals surface area contributed by atoms with Crippen LogP contribution in [0.5, 0.6) is 0 Å². The van der Waals surface area contributed by atoms with Crippen LogP contribution in [0.4, 0.5) is 0 Å². The van der Waals surface area contributed by atoms with Crippen molar-refractivity contribution < 1.29 is 8.42 Å². The third-order valence-corrected chi connectivity index (χ3v) is 5.21. The highest BCUT2D eigenvalue weighted by molar-refractivity contribution is 8.15. The summed E-state index contributed by atoms with van der Waals surface area (Å²) < 4.78 is 21.3. The van der Waals surface area contributed by atoms with Crippen LogP contribution in [0.1, 0.15) is 26.2 Å². The summed E-state index contributed by atoms with van der Waals surface area (Å²) in [7, 11) is 1.98. The van der Waals surface area contributed by atoms with E-state index >= 15 is 0 Å². The molecule has 2 bridgehead atoms. The molecule has 0 amide bonds. The molecule has 0 unspecified atom stereocenters. The Kier molecular flexibility index (Phi) is 0.962. The lowest BCUT2D eigenvalue weighted by molar-refractivity contribution is -0.0610. The predicted molar refractivity (Wildman–Crippen MR) is 39.5 cm³/mol. The van der Waals surface area contributed by atoms with Gasteiger partial charge in [-0.15, -0.1) is 0 Å². The average Bonchev–Trinajstić information content (AvgIpc) is 1.51. The molecule has 3 fully saturated rings. The van der Waals surface area contributed by atoms with Gasteiger partial charge in [0.05, 0.1) is 4.75 Å². The molecule has 0 N–H and O–H groups in total. The Balaban J connectivity index is 2.27. The molecule has 0 saturated heterocycles. The summed E-state index contributed by atoms with van der Waals surface area (Å²) >= 11 is 0. The van der Waals surface area contributed by atoms with Crippen LogP contribution in [0.15, 0.2) is 0 Å². The van der Waals surface area contributed by atoms with Gasteiger partial charge in [0.25, 0.3) is 0 Å². The largest absolute Gasteiger partial charge is 0.238 e. The van der Waals surface area contributed by atoms with Crippen LogP contribution in [0.3, 0.4) is 0 Å². The Morgan fingerprint density at radius 1 is 1.30 bits per heavy atom.